The number of carbonyl (C=O) groups is 1. The van der Waals surface area contributed by atoms with E-state index >= 15 is 4.39 Å². The first kappa shape index (κ1) is 30.5. The third-order valence-corrected chi connectivity index (χ3v) is 9.76. The van der Waals surface area contributed by atoms with Gasteiger partial charge < -0.3 is 14.5 Å². The van der Waals surface area contributed by atoms with Crippen LogP contribution in [0, 0.1) is 11.7 Å². The second-order valence-electron chi connectivity index (χ2n) is 10.6. The van der Waals surface area contributed by atoms with Crippen molar-refractivity contribution in [2.45, 2.75) is 24.8 Å². The van der Waals surface area contributed by atoms with E-state index in [1.165, 1.54) is 23.7 Å². The minimum absolute atomic E-state index is 0.137. The monoisotopic (exact) mass is 635 g/mol. The Balaban J connectivity index is 1.41. The average Bonchev–Trinajstić information content (AvgIpc) is 3.38. The van der Waals surface area contributed by atoms with Gasteiger partial charge in [0.05, 0.1) is 19.3 Å². The summed E-state index contributed by atoms with van der Waals surface area (Å²) in [6, 6.07) is 14.8. The second kappa shape index (κ2) is 12.7. The number of sulfonamides is 1. The Morgan fingerprint density at radius 3 is 2.40 bits per heavy atom. The molecule has 3 aromatic rings. The highest BCUT2D eigenvalue weighted by Crippen LogP contribution is 2.39. The van der Waals surface area contributed by atoms with Crippen LogP contribution in [0.4, 0.5) is 10.2 Å². The van der Waals surface area contributed by atoms with E-state index in [1.54, 1.807) is 41.3 Å². The van der Waals surface area contributed by atoms with E-state index in [0.717, 1.165) is 5.56 Å². The zero-order chi connectivity index (χ0) is 30.0. The fourth-order valence-corrected chi connectivity index (χ4v) is 7.27. The fraction of sp³-hybridized carbons (Fsp3) is 0.414. The van der Waals surface area contributed by atoms with Crippen LogP contribution < -0.4 is 9.64 Å². The molecule has 2 aliphatic rings. The van der Waals surface area contributed by atoms with Crippen LogP contribution >= 0.6 is 23.2 Å². The third kappa shape index (κ3) is 6.64. The number of halogens is 3. The van der Waals surface area contributed by atoms with Crippen molar-refractivity contribution in [3.05, 3.63) is 81.7 Å². The molecule has 3 heterocycles. The molecule has 13 heteroatoms. The summed E-state index contributed by atoms with van der Waals surface area (Å²) in [6.07, 6.45) is 2.31. The number of hydrogen-bond acceptors (Lipinski definition) is 7. The van der Waals surface area contributed by atoms with Crippen molar-refractivity contribution in [1.82, 2.24) is 19.4 Å². The van der Waals surface area contributed by atoms with Crippen LogP contribution in [-0.2, 0) is 14.8 Å². The number of anilines is 1. The van der Waals surface area contributed by atoms with Crippen molar-refractivity contribution in [3.63, 3.8) is 0 Å². The number of benzene rings is 2. The number of rotatable bonds is 6. The van der Waals surface area contributed by atoms with E-state index in [0.29, 0.717) is 54.6 Å². The SMILES string of the molecule is COc1ccc(C2CN(c3ccc(Cl)nn3)C[C@H]2C(=O)N2CCCC(c3ccc(Cl)cc3)N(S(C)(=O)=O)CC2)c(F)c1. The Hall–Kier alpha value is -2.99. The lowest BCUT2D eigenvalue weighted by Gasteiger charge is -2.37. The maximum atomic E-state index is 15.3. The molecule has 0 bridgehead atoms. The molecule has 3 atom stereocenters. The third-order valence-electron chi connectivity index (χ3n) is 8.02. The van der Waals surface area contributed by atoms with Crippen LogP contribution in [0.3, 0.4) is 0 Å². The standard InChI is InChI=1S/C29H32Cl2FN5O4S/c1-41-21-9-10-22(25(32)16-21)23-17-36(28-12-11-27(31)33-34-28)18-24(23)29(38)35-13-3-4-26(19-5-7-20(30)8-6-19)37(15-14-35)42(2,39)40/h5-12,16,23-24,26H,3-4,13-15,17-18H2,1-2H3/t23?,24-,26?/m1/s1. The van der Waals surface area contributed by atoms with Crippen LogP contribution in [0.1, 0.15) is 35.9 Å². The maximum absolute atomic E-state index is 15.3. The van der Waals surface area contributed by atoms with Crippen LogP contribution in [-0.4, -0.2) is 79.8 Å². The molecule has 2 aliphatic heterocycles. The molecule has 0 saturated carbocycles. The molecule has 0 radical (unpaired) electrons. The molecular formula is C29H32Cl2FN5O4S. The molecular weight excluding hydrogens is 604 g/mol. The first-order valence-corrected chi connectivity index (χ1v) is 16.2. The van der Waals surface area contributed by atoms with Gasteiger partial charge in [-0.05, 0) is 54.3 Å². The second-order valence-corrected chi connectivity index (χ2v) is 13.4. The number of hydrogen-bond donors (Lipinski definition) is 0. The van der Waals surface area contributed by atoms with E-state index in [-0.39, 0.29) is 30.2 Å². The summed E-state index contributed by atoms with van der Waals surface area (Å²) in [7, 11) is -2.12. The molecule has 1 aromatic heterocycles. The average molecular weight is 637 g/mol. The fourth-order valence-electron chi connectivity index (χ4n) is 5.95. The lowest BCUT2D eigenvalue weighted by Crippen LogP contribution is -2.47. The highest BCUT2D eigenvalue weighted by Gasteiger charge is 2.43. The molecule has 42 heavy (non-hydrogen) atoms. The van der Waals surface area contributed by atoms with E-state index in [1.807, 2.05) is 17.0 Å². The quantitative estimate of drug-likeness (QED) is 0.385. The smallest absolute Gasteiger partial charge is 0.228 e. The van der Waals surface area contributed by atoms with Gasteiger partial charge in [-0.3, -0.25) is 4.79 Å². The number of aromatic nitrogens is 2. The van der Waals surface area contributed by atoms with Crippen LogP contribution in [0.5, 0.6) is 5.75 Å². The number of nitrogens with zero attached hydrogens (tertiary/aromatic N) is 5. The summed E-state index contributed by atoms with van der Waals surface area (Å²) in [5.41, 5.74) is 1.27. The van der Waals surface area contributed by atoms with Gasteiger partial charge in [0.2, 0.25) is 15.9 Å². The van der Waals surface area contributed by atoms with Gasteiger partial charge in [-0.1, -0.05) is 41.4 Å². The first-order valence-electron chi connectivity index (χ1n) is 13.6. The first-order chi connectivity index (χ1) is 20.0. The predicted octanol–water partition coefficient (Wildman–Crippen LogP) is 4.78. The Morgan fingerprint density at radius 1 is 1.00 bits per heavy atom. The summed E-state index contributed by atoms with van der Waals surface area (Å²) >= 11 is 12.0. The normalized spacial score (nSPS) is 22.1. The van der Waals surface area contributed by atoms with Gasteiger partial charge >= 0.3 is 0 Å². The van der Waals surface area contributed by atoms with Gasteiger partial charge in [0, 0.05) is 55.8 Å². The molecule has 9 nitrogen and oxygen atoms in total. The van der Waals surface area contributed by atoms with Gasteiger partial charge in [0.15, 0.2) is 11.0 Å². The number of carbonyl (C=O) groups excluding carboxylic acids is 1. The van der Waals surface area contributed by atoms with Gasteiger partial charge in [-0.2, -0.15) is 4.31 Å². The van der Waals surface area contributed by atoms with Crippen molar-refractivity contribution < 1.29 is 22.3 Å². The highest BCUT2D eigenvalue weighted by atomic mass is 35.5. The molecule has 1 amide bonds. The minimum atomic E-state index is -3.59. The Bertz CT molecular complexity index is 1530. The van der Waals surface area contributed by atoms with Crippen molar-refractivity contribution in [2.24, 2.45) is 5.92 Å². The van der Waals surface area contributed by atoms with Crippen molar-refractivity contribution >= 4 is 45.0 Å². The van der Waals surface area contributed by atoms with Gasteiger partial charge in [-0.15, -0.1) is 10.2 Å². The summed E-state index contributed by atoms with van der Waals surface area (Å²) in [6.45, 7) is 1.45. The van der Waals surface area contributed by atoms with Crippen LogP contribution in [0.15, 0.2) is 54.6 Å². The van der Waals surface area contributed by atoms with Crippen LogP contribution in [0.25, 0.3) is 0 Å². The Labute approximate surface area is 255 Å². The lowest BCUT2D eigenvalue weighted by atomic mass is 9.87. The highest BCUT2D eigenvalue weighted by molar-refractivity contribution is 7.88. The molecule has 2 fully saturated rings. The van der Waals surface area contributed by atoms with Crippen molar-refractivity contribution in [1.29, 1.82) is 0 Å². The zero-order valence-corrected chi connectivity index (χ0v) is 25.6. The maximum Gasteiger partial charge on any atom is 0.228 e. The van der Waals surface area contributed by atoms with Gasteiger partial charge in [0.25, 0.3) is 0 Å². The van der Waals surface area contributed by atoms with E-state index in [4.69, 9.17) is 27.9 Å². The summed E-state index contributed by atoms with van der Waals surface area (Å²) < 4.78 is 47.8. The molecule has 0 aliphatic carbocycles. The lowest BCUT2D eigenvalue weighted by molar-refractivity contribution is -0.135. The largest absolute Gasteiger partial charge is 0.497 e. The zero-order valence-electron chi connectivity index (χ0n) is 23.3. The van der Waals surface area contributed by atoms with Crippen molar-refractivity contribution in [3.8, 4) is 5.75 Å². The molecule has 0 N–H and O–H groups in total. The minimum Gasteiger partial charge on any atom is -0.497 e. The Kier molecular flexibility index (Phi) is 9.22. The molecule has 2 saturated heterocycles. The summed E-state index contributed by atoms with van der Waals surface area (Å²) in [5, 5.41) is 8.93. The summed E-state index contributed by atoms with van der Waals surface area (Å²) in [4.78, 5) is 17.8. The van der Waals surface area contributed by atoms with E-state index < -0.39 is 27.7 Å². The van der Waals surface area contributed by atoms with E-state index in [2.05, 4.69) is 10.2 Å². The van der Waals surface area contributed by atoms with Crippen molar-refractivity contribution in [2.75, 3.05) is 51.0 Å². The molecule has 2 unspecified atom stereocenters. The molecule has 5 rings (SSSR count). The van der Waals surface area contributed by atoms with Crippen LogP contribution in [0.2, 0.25) is 10.2 Å². The molecule has 224 valence electrons. The molecule has 2 aromatic carbocycles. The summed E-state index contributed by atoms with van der Waals surface area (Å²) in [5.74, 6) is -0.753. The van der Waals surface area contributed by atoms with E-state index in [9.17, 15) is 13.2 Å². The van der Waals surface area contributed by atoms with Gasteiger partial charge in [0.1, 0.15) is 11.6 Å². The Morgan fingerprint density at radius 2 is 1.76 bits per heavy atom. The predicted molar refractivity (Wildman–Crippen MR) is 160 cm³/mol. The number of methoxy groups -OCH3 is 1. The van der Waals surface area contributed by atoms with Gasteiger partial charge in [-0.25, -0.2) is 12.8 Å². The molecule has 0 spiro atoms. The number of amides is 1. The topological polar surface area (TPSA) is 95.9 Å². The number of ether oxygens (including phenoxy) is 1.